The van der Waals surface area contributed by atoms with Crippen LogP contribution in [0.5, 0.6) is 0 Å². The van der Waals surface area contributed by atoms with Gasteiger partial charge < -0.3 is 10.1 Å². The smallest absolute Gasteiger partial charge is 0.306 e. The third-order valence-corrected chi connectivity index (χ3v) is 5.43. The molecule has 0 radical (unpaired) electrons. The fraction of sp³-hybridized carbons (Fsp3) is 0.562. The second-order valence-corrected chi connectivity index (χ2v) is 8.26. The molecule has 1 unspecified atom stereocenters. The first-order valence-electron chi connectivity index (χ1n) is 7.85. The highest BCUT2D eigenvalue weighted by atomic mass is 35.7. The summed E-state index contributed by atoms with van der Waals surface area (Å²) in [5, 5.41) is 3.20. The Kier molecular flexibility index (Phi) is 5.92. The molecular weight excluding hydrogens is 338 g/mol. The number of halogens is 1. The van der Waals surface area contributed by atoms with E-state index in [2.05, 4.69) is 12.2 Å². The molecule has 1 aromatic carbocycles. The zero-order valence-corrected chi connectivity index (χ0v) is 15.0. The summed E-state index contributed by atoms with van der Waals surface area (Å²) in [7, 11) is 1.74. The first-order chi connectivity index (χ1) is 10.8. The van der Waals surface area contributed by atoms with Gasteiger partial charge in [-0.1, -0.05) is 19.4 Å². The zero-order chi connectivity index (χ0) is 17.0. The second kappa shape index (κ2) is 7.53. The summed E-state index contributed by atoms with van der Waals surface area (Å²) in [5.41, 5.74) is 2.34. The third-order valence-electron chi connectivity index (χ3n) is 4.08. The summed E-state index contributed by atoms with van der Waals surface area (Å²) in [6.07, 6.45) is 2.48. The largest absolute Gasteiger partial charge is 0.466 e. The van der Waals surface area contributed by atoms with Crippen LogP contribution in [0.2, 0.25) is 0 Å². The summed E-state index contributed by atoms with van der Waals surface area (Å²) in [6, 6.07) is 3.52. The molecule has 1 N–H and O–H groups in total. The lowest BCUT2D eigenvalue weighted by Gasteiger charge is -2.27. The Labute approximate surface area is 141 Å². The topological polar surface area (TPSA) is 72.5 Å². The number of rotatable bonds is 6. The van der Waals surface area contributed by atoms with E-state index in [-0.39, 0.29) is 17.3 Å². The van der Waals surface area contributed by atoms with Crippen molar-refractivity contribution in [3.05, 3.63) is 23.3 Å². The van der Waals surface area contributed by atoms with E-state index >= 15 is 0 Å². The molecule has 2 rings (SSSR count). The van der Waals surface area contributed by atoms with Crippen molar-refractivity contribution in [3.63, 3.8) is 0 Å². The van der Waals surface area contributed by atoms with Crippen molar-refractivity contribution in [3.8, 4) is 0 Å². The Hall–Kier alpha value is -1.27. The minimum absolute atomic E-state index is 0.102. The second-order valence-electron chi connectivity index (χ2n) is 5.73. The average molecular weight is 360 g/mol. The van der Waals surface area contributed by atoms with Gasteiger partial charge in [0.2, 0.25) is 0 Å². The van der Waals surface area contributed by atoms with Gasteiger partial charge in [-0.2, -0.15) is 0 Å². The van der Waals surface area contributed by atoms with Gasteiger partial charge in [0.25, 0.3) is 9.05 Å². The van der Waals surface area contributed by atoms with Crippen molar-refractivity contribution >= 4 is 31.4 Å². The van der Waals surface area contributed by atoms with Crippen LogP contribution in [0.15, 0.2) is 17.0 Å². The monoisotopic (exact) mass is 359 g/mol. The van der Waals surface area contributed by atoms with Gasteiger partial charge in [-0.05, 0) is 42.9 Å². The summed E-state index contributed by atoms with van der Waals surface area (Å²) in [6.45, 7) is 4.95. The summed E-state index contributed by atoms with van der Waals surface area (Å²) in [4.78, 5) is 11.6. The Morgan fingerprint density at radius 3 is 2.74 bits per heavy atom. The van der Waals surface area contributed by atoms with Crippen molar-refractivity contribution in [2.24, 2.45) is 5.92 Å². The number of esters is 1. The Bertz CT molecular complexity index is 688. The van der Waals surface area contributed by atoms with Crippen LogP contribution >= 0.6 is 10.7 Å². The number of ether oxygens (including phenoxy) is 1. The van der Waals surface area contributed by atoms with Gasteiger partial charge >= 0.3 is 5.97 Å². The first kappa shape index (κ1) is 18.1. The fourth-order valence-corrected chi connectivity index (χ4v) is 3.94. The van der Waals surface area contributed by atoms with E-state index in [1.54, 1.807) is 13.0 Å². The number of hydrogen-bond acceptors (Lipinski definition) is 5. The Balaban J connectivity index is 2.32. The van der Waals surface area contributed by atoms with Crippen LogP contribution < -0.4 is 5.32 Å². The molecule has 0 saturated carbocycles. The van der Waals surface area contributed by atoms with E-state index in [1.807, 2.05) is 6.07 Å². The van der Waals surface area contributed by atoms with Crippen molar-refractivity contribution < 1.29 is 17.9 Å². The van der Waals surface area contributed by atoms with Gasteiger partial charge in [0.15, 0.2) is 0 Å². The SMILES string of the molecule is CCOC(=O)CCc1cc2c(c(S(=O)(=O)Cl)c1)NCC(CC)C2. The molecule has 23 heavy (non-hydrogen) atoms. The fourth-order valence-electron chi connectivity index (χ4n) is 2.83. The van der Waals surface area contributed by atoms with Crippen LogP contribution in [-0.2, 0) is 31.4 Å². The van der Waals surface area contributed by atoms with Gasteiger partial charge in [0, 0.05) is 23.6 Å². The number of carbonyl (C=O) groups is 1. The highest BCUT2D eigenvalue weighted by Crippen LogP contribution is 2.35. The molecule has 1 aromatic rings. The standard InChI is InChI=1S/C16H22ClNO4S/c1-3-11-7-13-8-12(5-6-15(19)22-4-2)9-14(23(17,20)21)16(13)18-10-11/h8-9,11,18H,3-7,10H2,1-2H3. The maximum Gasteiger partial charge on any atom is 0.306 e. The summed E-state index contributed by atoms with van der Waals surface area (Å²) in [5.74, 6) is 0.179. The van der Waals surface area contributed by atoms with Gasteiger partial charge in [-0.15, -0.1) is 0 Å². The van der Waals surface area contributed by atoms with Crippen LogP contribution in [0.1, 0.15) is 37.8 Å². The maximum absolute atomic E-state index is 11.9. The van der Waals surface area contributed by atoms with Gasteiger partial charge in [0.05, 0.1) is 12.3 Å². The van der Waals surface area contributed by atoms with Crippen LogP contribution in [-0.4, -0.2) is 27.5 Å². The molecular formula is C16H22ClNO4S. The first-order valence-corrected chi connectivity index (χ1v) is 10.2. The minimum Gasteiger partial charge on any atom is -0.466 e. The number of aryl methyl sites for hydroxylation is 1. The van der Waals surface area contributed by atoms with Gasteiger partial charge in [-0.3, -0.25) is 4.79 Å². The normalized spacial score (nSPS) is 17.3. The Morgan fingerprint density at radius 2 is 2.13 bits per heavy atom. The van der Waals surface area contributed by atoms with E-state index in [1.165, 1.54) is 0 Å². The summed E-state index contributed by atoms with van der Waals surface area (Å²) >= 11 is 0. The van der Waals surface area contributed by atoms with Crippen LogP contribution in [0.3, 0.4) is 0 Å². The van der Waals surface area contributed by atoms with Crippen molar-refractivity contribution in [1.82, 2.24) is 0 Å². The number of hydrogen-bond donors (Lipinski definition) is 1. The minimum atomic E-state index is -3.85. The molecule has 1 aliphatic heterocycles. The summed E-state index contributed by atoms with van der Waals surface area (Å²) < 4.78 is 28.7. The molecule has 0 bridgehead atoms. The lowest BCUT2D eigenvalue weighted by molar-refractivity contribution is -0.143. The molecule has 0 aliphatic carbocycles. The zero-order valence-electron chi connectivity index (χ0n) is 13.4. The van der Waals surface area contributed by atoms with Crippen molar-refractivity contribution in [2.45, 2.75) is 44.4 Å². The van der Waals surface area contributed by atoms with Gasteiger partial charge in [0.1, 0.15) is 4.90 Å². The number of benzene rings is 1. The Morgan fingerprint density at radius 1 is 1.39 bits per heavy atom. The molecule has 0 saturated heterocycles. The van der Waals surface area contributed by atoms with E-state index in [4.69, 9.17) is 15.4 Å². The van der Waals surface area contributed by atoms with Crippen LogP contribution in [0, 0.1) is 5.92 Å². The molecule has 1 atom stereocenters. The lowest BCUT2D eigenvalue weighted by Crippen LogP contribution is -2.24. The maximum atomic E-state index is 11.9. The van der Waals surface area contributed by atoms with E-state index < -0.39 is 9.05 Å². The number of anilines is 1. The van der Waals surface area contributed by atoms with Crippen molar-refractivity contribution in [1.29, 1.82) is 0 Å². The van der Waals surface area contributed by atoms with E-state index in [0.717, 1.165) is 30.5 Å². The predicted molar refractivity (Wildman–Crippen MR) is 90.4 cm³/mol. The van der Waals surface area contributed by atoms with Crippen LogP contribution in [0.25, 0.3) is 0 Å². The number of nitrogens with one attached hydrogen (secondary N) is 1. The molecule has 1 heterocycles. The third kappa shape index (κ3) is 4.61. The molecule has 1 aliphatic rings. The molecule has 0 spiro atoms. The molecule has 0 aromatic heterocycles. The highest BCUT2D eigenvalue weighted by molar-refractivity contribution is 8.13. The van der Waals surface area contributed by atoms with E-state index in [0.29, 0.717) is 24.6 Å². The van der Waals surface area contributed by atoms with E-state index in [9.17, 15) is 13.2 Å². The molecule has 0 fully saturated rings. The van der Waals surface area contributed by atoms with Crippen molar-refractivity contribution in [2.75, 3.05) is 18.5 Å². The molecule has 7 heteroatoms. The van der Waals surface area contributed by atoms with Gasteiger partial charge in [-0.25, -0.2) is 8.42 Å². The quantitative estimate of drug-likeness (QED) is 0.624. The molecule has 5 nitrogen and oxygen atoms in total. The number of carbonyl (C=O) groups excluding carboxylic acids is 1. The highest BCUT2D eigenvalue weighted by Gasteiger charge is 2.25. The number of fused-ring (bicyclic) bond motifs is 1. The molecule has 128 valence electrons. The lowest BCUT2D eigenvalue weighted by atomic mass is 9.90. The average Bonchev–Trinajstić information content (AvgIpc) is 2.50. The predicted octanol–water partition coefficient (Wildman–Crippen LogP) is 3.10. The van der Waals surface area contributed by atoms with Crippen LogP contribution in [0.4, 0.5) is 5.69 Å². The molecule has 0 amide bonds.